The molecule has 0 radical (unpaired) electrons. The molecule has 1 atom stereocenters. The second-order valence-corrected chi connectivity index (χ2v) is 5.58. The number of hydrogen-bond donors (Lipinski definition) is 0. The molecular weight excluding hydrogens is 288 g/mol. The van der Waals surface area contributed by atoms with E-state index in [1.807, 2.05) is 0 Å². The van der Waals surface area contributed by atoms with Gasteiger partial charge in [0.1, 0.15) is 0 Å². The topological polar surface area (TPSA) is 52.6 Å². The molecule has 0 N–H and O–H groups in total. The molecule has 0 aliphatic heterocycles. The van der Waals surface area contributed by atoms with Crippen LogP contribution in [-0.2, 0) is 19.1 Å². The number of carbonyl (C=O) groups is 2. The Bertz CT molecular complexity index is 290. The maximum absolute atomic E-state index is 12.0. The molecule has 1 aliphatic carbocycles. The molecule has 1 rings (SSSR count). The summed E-state index contributed by atoms with van der Waals surface area (Å²) in [6.45, 7) is 7.07. The van der Waals surface area contributed by atoms with Crippen molar-refractivity contribution in [1.82, 2.24) is 0 Å². The largest absolute Gasteiger partial charge is 0.462 e. The van der Waals surface area contributed by atoms with Crippen molar-refractivity contribution in [2.45, 2.75) is 46.3 Å². The van der Waals surface area contributed by atoms with Gasteiger partial charge < -0.3 is 9.47 Å². The highest BCUT2D eigenvalue weighted by atomic mass is 79.9. The lowest BCUT2D eigenvalue weighted by Crippen LogP contribution is -2.34. The number of hydrogen-bond acceptors (Lipinski definition) is 4. The van der Waals surface area contributed by atoms with E-state index in [0.717, 1.165) is 0 Å². The van der Waals surface area contributed by atoms with E-state index in [-0.39, 0.29) is 18.1 Å². The minimum Gasteiger partial charge on any atom is -0.462 e. The first-order valence-corrected chi connectivity index (χ1v) is 6.94. The smallest absolute Gasteiger partial charge is 0.324 e. The predicted octanol–water partition coefficient (Wildman–Crippen LogP) is 2.29. The minimum absolute atomic E-state index is 0.0139. The van der Waals surface area contributed by atoms with Crippen LogP contribution in [0.5, 0.6) is 0 Å². The zero-order valence-corrected chi connectivity index (χ0v) is 12.2. The van der Waals surface area contributed by atoms with Gasteiger partial charge in [0.2, 0.25) is 0 Å². The Morgan fingerprint density at radius 3 is 1.82 bits per heavy atom. The fourth-order valence-corrected chi connectivity index (χ4v) is 2.52. The molecule has 1 saturated carbocycles. The zero-order valence-electron chi connectivity index (χ0n) is 10.7. The molecule has 0 aromatic heterocycles. The van der Waals surface area contributed by atoms with Gasteiger partial charge in [-0.05, 0) is 40.0 Å². The molecule has 0 amide bonds. The third-order valence-electron chi connectivity index (χ3n) is 2.71. The molecule has 0 spiro atoms. The lowest BCUT2D eigenvalue weighted by molar-refractivity contribution is -0.169. The summed E-state index contributed by atoms with van der Waals surface area (Å²) < 4.78 is 10.3. The van der Waals surface area contributed by atoms with Crippen LogP contribution in [0.3, 0.4) is 0 Å². The van der Waals surface area contributed by atoms with Gasteiger partial charge in [-0.25, -0.2) is 0 Å². The van der Waals surface area contributed by atoms with E-state index in [1.165, 1.54) is 0 Å². The lowest BCUT2D eigenvalue weighted by atomic mass is 10.1. The summed E-state index contributed by atoms with van der Waals surface area (Å²) in [7, 11) is 0. The Hall–Kier alpha value is -0.580. The number of ether oxygens (including phenoxy) is 2. The van der Waals surface area contributed by atoms with Crippen LogP contribution in [0, 0.1) is 11.3 Å². The Labute approximate surface area is 110 Å². The second kappa shape index (κ2) is 5.38. The van der Waals surface area contributed by atoms with Crippen molar-refractivity contribution < 1.29 is 19.1 Å². The quantitative estimate of drug-likeness (QED) is 0.444. The summed E-state index contributed by atoms with van der Waals surface area (Å²) in [6, 6.07) is 0. The Morgan fingerprint density at radius 2 is 1.59 bits per heavy atom. The average molecular weight is 307 g/mol. The van der Waals surface area contributed by atoms with Gasteiger partial charge in [0.25, 0.3) is 0 Å². The predicted molar refractivity (Wildman–Crippen MR) is 66.8 cm³/mol. The van der Waals surface area contributed by atoms with Crippen LogP contribution in [0.25, 0.3) is 0 Å². The molecule has 5 heteroatoms. The van der Waals surface area contributed by atoms with Gasteiger partial charge in [0.15, 0.2) is 5.41 Å². The van der Waals surface area contributed by atoms with E-state index < -0.39 is 17.4 Å². The van der Waals surface area contributed by atoms with Crippen LogP contribution in [-0.4, -0.2) is 29.5 Å². The van der Waals surface area contributed by atoms with Crippen LogP contribution in [0.1, 0.15) is 34.1 Å². The average Bonchev–Trinajstić information content (AvgIpc) is 2.90. The van der Waals surface area contributed by atoms with Crippen molar-refractivity contribution in [2.24, 2.45) is 11.3 Å². The summed E-state index contributed by atoms with van der Waals surface area (Å²) in [6.07, 6.45) is 0.0700. The highest BCUT2D eigenvalue weighted by molar-refractivity contribution is 9.09. The van der Waals surface area contributed by atoms with Crippen LogP contribution >= 0.6 is 15.9 Å². The Morgan fingerprint density at radius 1 is 1.18 bits per heavy atom. The minimum atomic E-state index is -1.07. The van der Waals surface area contributed by atoms with Gasteiger partial charge in [-0.1, -0.05) is 15.9 Å². The third-order valence-corrected chi connectivity index (χ3v) is 3.49. The van der Waals surface area contributed by atoms with E-state index in [4.69, 9.17) is 9.47 Å². The van der Waals surface area contributed by atoms with Crippen molar-refractivity contribution in [3.05, 3.63) is 0 Å². The van der Waals surface area contributed by atoms with Crippen molar-refractivity contribution in [3.63, 3.8) is 0 Å². The first-order valence-electron chi connectivity index (χ1n) is 5.82. The highest BCUT2D eigenvalue weighted by Crippen LogP contribution is 2.55. The molecule has 17 heavy (non-hydrogen) atoms. The number of carbonyl (C=O) groups excluding carboxylic acids is 2. The fourth-order valence-electron chi connectivity index (χ4n) is 1.74. The summed E-state index contributed by atoms with van der Waals surface area (Å²) >= 11 is 3.31. The van der Waals surface area contributed by atoms with Gasteiger partial charge in [-0.3, -0.25) is 9.59 Å². The molecule has 0 bridgehead atoms. The van der Waals surface area contributed by atoms with E-state index >= 15 is 0 Å². The normalized spacial score (nSPS) is 21.5. The molecule has 4 nitrogen and oxygen atoms in total. The number of esters is 2. The van der Waals surface area contributed by atoms with E-state index in [2.05, 4.69) is 15.9 Å². The van der Waals surface area contributed by atoms with Crippen LogP contribution in [0.2, 0.25) is 0 Å². The standard InChI is InChI=1S/C12H19BrO4/c1-7(2)16-10(14)12(5-9(12)6-13)11(15)17-8(3)4/h7-9H,5-6H2,1-4H3. The van der Waals surface area contributed by atoms with E-state index in [0.29, 0.717) is 11.8 Å². The van der Waals surface area contributed by atoms with Gasteiger partial charge in [-0.2, -0.15) is 0 Å². The van der Waals surface area contributed by atoms with Crippen molar-refractivity contribution in [1.29, 1.82) is 0 Å². The molecular formula is C12H19BrO4. The molecule has 0 aromatic carbocycles. The van der Waals surface area contributed by atoms with E-state index in [1.54, 1.807) is 27.7 Å². The number of halogens is 1. The summed E-state index contributed by atoms with van der Waals surface area (Å²) in [5, 5.41) is 0.605. The summed E-state index contributed by atoms with van der Waals surface area (Å²) in [5.41, 5.74) is -1.07. The Balaban J connectivity index is 2.78. The monoisotopic (exact) mass is 306 g/mol. The first kappa shape index (κ1) is 14.5. The van der Waals surface area contributed by atoms with Crippen molar-refractivity contribution in [2.75, 3.05) is 5.33 Å². The highest BCUT2D eigenvalue weighted by Gasteiger charge is 2.67. The van der Waals surface area contributed by atoms with Crippen molar-refractivity contribution in [3.8, 4) is 0 Å². The molecule has 98 valence electrons. The van der Waals surface area contributed by atoms with Gasteiger partial charge in [0.05, 0.1) is 12.2 Å². The molecule has 1 aliphatic rings. The number of rotatable bonds is 5. The summed E-state index contributed by atoms with van der Waals surface area (Å²) in [4.78, 5) is 24.0. The summed E-state index contributed by atoms with van der Waals surface area (Å²) in [5.74, 6) is -0.926. The molecule has 0 aromatic rings. The van der Waals surface area contributed by atoms with Gasteiger partial charge >= 0.3 is 11.9 Å². The molecule has 0 saturated heterocycles. The maximum Gasteiger partial charge on any atom is 0.324 e. The molecule has 1 unspecified atom stereocenters. The van der Waals surface area contributed by atoms with Gasteiger partial charge in [-0.15, -0.1) is 0 Å². The first-order chi connectivity index (χ1) is 7.84. The van der Waals surface area contributed by atoms with Crippen molar-refractivity contribution >= 4 is 27.9 Å². The van der Waals surface area contributed by atoms with Gasteiger partial charge in [0, 0.05) is 5.33 Å². The second-order valence-electron chi connectivity index (χ2n) is 4.93. The lowest BCUT2D eigenvalue weighted by Gasteiger charge is -2.18. The molecule has 1 fully saturated rings. The van der Waals surface area contributed by atoms with E-state index in [9.17, 15) is 9.59 Å². The van der Waals surface area contributed by atoms with Crippen LogP contribution in [0.4, 0.5) is 0 Å². The maximum atomic E-state index is 12.0. The number of alkyl halides is 1. The van der Waals surface area contributed by atoms with Crippen LogP contribution in [0.15, 0.2) is 0 Å². The SMILES string of the molecule is CC(C)OC(=O)C1(C(=O)OC(C)C)CC1CBr. The zero-order chi connectivity index (χ0) is 13.2. The van der Waals surface area contributed by atoms with Crippen LogP contribution < -0.4 is 0 Å². The third kappa shape index (κ3) is 3.00. The molecule has 0 heterocycles. The fraction of sp³-hybridized carbons (Fsp3) is 0.833. The Kier molecular flexibility index (Phi) is 4.58.